The van der Waals surface area contributed by atoms with E-state index in [2.05, 4.69) is 5.32 Å². The quantitative estimate of drug-likeness (QED) is 0.468. The zero-order chi connectivity index (χ0) is 20.0. The third kappa shape index (κ3) is 5.81. The summed E-state index contributed by atoms with van der Waals surface area (Å²) < 4.78 is 5.63. The molecule has 2 aromatic rings. The standard InChI is InChI=1S/C19H21N3O5/c1-13-4-6-16(7-5-13)20-17(23)12-21(3)18(24)14(2)27-19(25)15-8-10-22(26)11-9-15/h4-11,14H,12H2,1-3H3,(H,20,23)/t14-/m0/s1. The molecule has 0 fully saturated rings. The van der Waals surface area contributed by atoms with Gasteiger partial charge in [0.05, 0.1) is 12.1 Å². The number of carbonyl (C=O) groups excluding carboxylic acids is 3. The van der Waals surface area contributed by atoms with Gasteiger partial charge in [-0.3, -0.25) is 9.59 Å². The van der Waals surface area contributed by atoms with E-state index in [1.807, 2.05) is 19.1 Å². The molecule has 1 aromatic heterocycles. The largest absolute Gasteiger partial charge is 0.619 e. The average Bonchev–Trinajstić information content (AvgIpc) is 2.63. The topological polar surface area (TPSA) is 103 Å². The van der Waals surface area contributed by atoms with Gasteiger partial charge in [0.1, 0.15) is 0 Å². The van der Waals surface area contributed by atoms with Crippen molar-refractivity contribution < 1.29 is 23.9 Å². The maximum absolute atomic E-state index is 12.3. The maximum Gasteiger partial charge on any atom is 0.339 e. The second-order valence-corrected chi connectivity index (χ2v) is 6.10. The number of rotatable bonds is 6. The predicted molar refractivity (Wildman–Crippen MR) is 97.7 cm³/mol. The van der Waals surface area contributed by atoms with Crippen LogP contribution in [0.3, 0.4) is 0 Å². The number of hydrogen-bond donors (Lipinski definition) is 1. The van der Waals surface area contributed by atoms with Gasteiger partial charge in [-0.25, -0.2) is 4.79 Å². The molecule has 0 aliphatic heterocycles. The van der Waals surface area contributed by atoms with Crippen LogP contribution in [0.1, 0.15) is 22.8 Å². The summed E-state index contributed by atoms with van der Waals surface area (Å²) in [5.74, 6) is -1.61. The summed E-state index contributed by atoms with van der Waals surface area (Å²) in [6.07, 6.45) is 1.24. The van der Waals surface area contributed by atoms with Crippen LogP contribution in [0.4, 0.5) is 5.69 Å². The molecule has 0 saturated heterocycles. The van der Waals surface area contributed by atoms with Crippen molar-refractivity contribution in [2.75, 3.05) is 18.9 Å². The highest BCUT2D eigenvalue weighted by atomic mass is 16.5. The molecule has 8 heteroatoms. The summed E-state index contributed by atoms with van der Waals surface area (Å²) in [6.45, 7) is 3.18. The van der Waals surface area contributed by atoms with Crippen molar-refractivity contribution >= 4 is 23.5 Å². The first-order valence-electron chi connectivity index (χ1n) is 8.27. The van der Waals surface area contributed by atoms with Crippen LogP contribution in [0.15, 0.2) is 48.8 Å². The van der Waals surface area contributed by atoms with E-state index < -0.39 is 18.0 Å². The molecule has 8 nitrogen and oxygen atoms in total. The van der Waals surface area contributed by atoms with Crippen LogP contribution in [-0.4, -0.2) is 42.4 Å². The molecule has 1 N–H and O–H groups in total. The van der Waals surface area contributed by atoms with E-state index in [4.69, 9.17) is 4.74 Å². The summed E-state index contributed by atoms with van der Waals surface area (Å²) in [6, 6.07) is 9.86. The van der Waals surface area contributed by atoms with Crippen molar-refractivity contribution in [3.63, 3.8) is 0 Å². The lowest BCUT2D eigenvalue weighted by atomic mass is 10.2. The normalized spacial score (nSPS) is 11.4. The fraction of sp³-hybridized carbons (Fsp3) is 0.263. The molecule has 0 saturated carbocycles. The van der Waals surface area contributed by atoms with Gasteiger partial charge in [-0.1, -0.05) is 17.7 Å². The van der Waals surface area contributed by atoms with Gasteiger partial charge in [0, 0.05) is 24.9 Å². The first-order valence-corrected chi connectivity index (χ1v) is 8.27. The number of carbonyl (C=O) groups is 3. The third-order valence-corrected chi connectivity index (χ3v) is 3.76. The molecular weight excluding hydrogens is 350 g/mol. The molecule has 0 radical (unpaired) electrons. The Morgan fingerprint density at radius 3 is 2.33 bits per heavy atom. The van der Waals surface area contributed by atoms with Crippen LogP contribution in [0.25, 0.3) is 0 Å². The van der Waals surface area contributed by atoms with Gasteiger partial charge in [-0.05, 0) is 26.0 Å². The van der Waals surface area contributed by atoms with Crippen LogP contribution in [-0.2, 0) is 14.3 Å². The lowest BCUT2D eigenvalue weighted by Gasteiger charge is -2.21. The van der Waals surface area contributed by atoms with Crippen molar-refractivity contribution in [1.29, 1.82) is 0 Å². The molecule has 1 atom stereocenters. The number of benzene rings is 1. The first kappa shape index (κ1) is 19.9. The van der Waals surface area contributed by atoms with Crippen LogP contribution in [0.5, 0.6) is 0 Å². The zero-order valence-electron chi connectivity index (χ0n) is 15.3. The molecule has 2 rings (SSSR count). The summed E-state index contributed by atoms with van der Waals surface area (Å²) in [5.41, 5.74) is 1.85. The number of hydrogen-bond acceptors (Lipinski definition) is 5. The van der Waals surface area contributed by atoms with E-state index in [9.17, 15) is 19.6 Å². The van der Waals surface area contributed by atoms with Gasteiger partial charge in [0.15, 0.2) is 18.5 Å². The van der Waals surface area contributed by atoms with Gasteiger partial charge in [-0.2, -0.15) is 4.73 Å². The Morgan fingerprint density at radius 2 is 1.74 bits per heavy atom. The molecule has 2 amide bonds. The number of aromatic nitrogens is 1. The van der Waals surface area contributed by atoms with E-state index in [-0.39, 0.29) is 18.0 Å². The van der Waals surface area contributed by atoms with E-state index in [0.29, 0.717) is 10.4 Å². The molecule has 1 aromatic carbocycles. The number of aryl methyl sites for hydroxylation is 1. The Labute approximate surface area is 156 Å². The number of likely N-dealkylation sites (N-methyl/N-ethyl adjacent to an activating group) is 1. The summed E-state index contributed by atoms with van der Waals surface area (Å²) in [7, 11) is 1.45. The minimum Gasteiger partial charge on any atom is -0.619 e. The molecule has 27 heavy (non-hydrogen) atoms. The number of amides is 2. The monoisotopic (exact) mass is 371 g/mol. The highest BCUT2D eigenvalue weighted by Crippen LogP contribution is 2.09. The Bertz CT molecular complexity index is 818. The van der Waals surface area contributed by atoms with Crippen LogP contribution in [0.2, 0.25) is 0 Å². The number of ether oxygens (including phenoxy) is 1. The lowest BCUT2D eigenvalue weighted by Crippen LogP contribution is -2.41. The minimum absolute atomic E-state index is 0.154. The van der Waals surface area contributed by atoms with Crippen molar-refractivity contribution in [2.45, 2.75) is 20.0 Å². The second-order valence-electron chi connectivity index (χ2n) is 6.10. The SMILES string of the molecule is Cc1ccc(NC(=O)CN(C)C(=O)[C@H](C)OC(=O)c2cc[n+]([O-])cc2)cc1. The molecule has 0 unspecified atom stereocenters. The van der Waals surface area contributed by atoms with E-state index >= 15 is 0 Å². The fourth-order valence-electron chi connectivity index (χ4n) is 2.27. The van der Waals surface area contributed by atoms with E-state index in [1.165, 1.54) is 31.0 Å². The maximum atomic E-state index is 12.3. The van der Waals surface area contributed by atoms with Crippen molar-refractivity contribution in [3.05, 3.63) is 65.1 Å². The number of nitrogens with one attached hydrogen (secondary N) is 1. The molecule has 0 spiro atoms. The van der Waals surface area contributed by atoms with Gasteiger partial charge in [0.25, 0.3) is 5.91 Å². The first-order chi connectivity index (χ1) is 12.8. The fourth-order valence-corrected chi connectivity index (χ4v) is 2.27. The third-order valence-electron chi connectivity index (χ3n) is 3.76. The Balaban J connectivity index is 1.87. The summed E-state index contributed by atoms with van der Waals surface area (Å²) in [4.78, 5) is 37.6. The van der Waals surface area contributed by atoms with Crippen LogP contribution >= 0.6 is 0 Å². The van der Waals surface area contributed by atoms with Gasteiger partial charge < -0.3 is 20.2 Å². The molecule has 142 valence electrons. The molecule has 0 aliphatic carbocycles. The van der Waals surface area contributed by atoms with E-state index in [0.717, 1.165) is 18.0 Å². The smallest absolute Gasteiger partial charge is 0.339 e. The predicted octanol–water partition coefficient (Wildman–Crippen LogP) is 1.27. The lowest BCUT2D eigenvalue weighted by molar-refractivity contribution is -0.605. The molecule has 1 heterocycles. The van der Waals surface area contributed by atoms with E-state index in [1.54, 1.807) is 12.1 Å². The number of esters is 1. The second kappa shape index (κ2) is 8.79. The zero-order valence-corrected chi connectivity index (χ0v) is 15.3. The van der Waals surface area contributed by atoms with Crippen LogP contribution < -0.4 is 10.0 Å². The van der Waals surface area contributed by atoms with Crippen molar-refractivity contribution in [3.8, 4) is 0 Å². The Hall–Kier alpha value is -3.42. The number of pyridine rings is 1. The number of nitrogens with zero attached hydrogens (tertiary/aromatic N) is 2. The number of anilines is 1. The van der Waals surface area contributed by atoms with Crippen molar-refractivity contribution in [2.24, 2.45) is 0 Å². The van der Waals surface area contributed by atoms with Crippen LogP contribution in [0, 0.1) is 12.1 Å². The minimum atomic E-state index is -1.07. The average molecular weight is 371 g/mol. The highest BCUT2D eigenvalue weighted by Gasteiger charge is 2.23. The molecule has 0 bridgehead atoms. The summed E-state index contributed by atoms with van der Waals surface area (Å²) >= 11 is 0. The molecular formula is C19H21N3O5. The summed E-state index contributed by atoms with van der Waals surface area (Å²) in [5, 5.41) is 13.7. The van der Waals surface area contributed by atoms with Crippen molar-refractivity contribution in [1.82, 2.24) is 4.90 Å². The van der Waals surface area contributed by atoms with Gasteiger partial charge in [0.2, 0.25) is 5.91 Å². The Kier molecular flexibility index (Phi) is 6.48. The molecule has 0 aliphatic rings. The van der Waals surface area contributed by atoms with Gasteiger partial charge >= 0.3 is 5.97 Å². The van der Waals surface area contributed by atoms with Gasteiger partial charge in [-0.15, -0.1) is 0 Å². The highest BCUT2D eigenvalue weighted by molar-refractivity contribution is 5.96. The Morgan fingerprint density at radius 1 is 1.15 bits per heavy atom.